The normalized spacial score (nSPS) is 10.7. The van der Waals surface area contributed by atoms with Crippen LogP contribution in [-0.2, 0) is 45.8 Å². The Morgan fingerprint density at radius 3 is 1.83 bits per heavy atom. The number of rotatable bonds is 9. The molecule has 0 aliphatic carbocycles. The molecule has 0 unspecified atom stereocenters. The minimum atomic E-state index is 0. The van der Waals surface area contributed by atoms with Gasteiger partial charge in [0.05, 0.1) is 0 Å². The Bertz CT molecular complexity index is 2550. The minimum Gasteiger partial charge on any atom is -0.305 e. The zero-order valence-corrected chi connectivity index (χ0v) is 32.8. The first kappa shape index (κ1) is 36.8. The number of fused-ring (bicyclic) bond motifs is 3. The standard InChI is InChI=1S/C32H26N2.C17H10NS.Ir/c1-2-11-29(12-3-1)32-20-19-28(24-34-32)18-17-26-9-6-8-25(22-26)15-16-27-10-7-13-30(23-27)31-14-4-5-21-33-31;1-2-10-16-12(6-1)13-7-5-8-14(17(13)19-16)15-9-3-4-11-18-15;/h1-11,14,19-24H,15-18H2;1-7,9-11H;/q-2;-1;+3. The van der Waals surface area contributed by atoms with E-state index in [9.17, 15) is 0 Å². The predicted molar refractivity (Wildman–Crippen MR) is 220 cm³/mol. The molecule has 54 heavy (non-hydrogen) atoms. The zero-order valence-electron chi connectivity index (χ0n) is 29.6. The summed E-state index contributed by atoms with van der Waals surface area (Å²) in [7, 11) is 0. The van der Waals surface area contributed by atoms with E-state index in [2.05, 4.69) is 112 Å². The van der Waals surface area contributed by atoms with Crippen LogP contribution in [0.1, 0.15) is 22.3 Å². The number of benzene rings is 5. The van der Waals surface area contributed by atoms with Gasteiger partial charge in [0, 0.05) is 23.3 Å². The van der Waals surface area contributed by atoms with Gasteiger partial charge in [0.15, 0.2) is 0 Å². The van der Waals surface area contributed by atoms with Gasteiger partial charge in [-0.1, -0.05) is 84.2 Å². The Morgan fingerprint density at radius 2 is 1.11 bits per heavy atom. The van der Waals surface area contributed by atoms with Crippen LogP contribution in [0.5, 0.6) is 0 Å². The van der Waals surface area contributed by atoms with E-state index >= 15 is 0 Å². The van der Waals surface area contributed by atoms with Crippen LogP contribution in [0.2, 0.25) is 0 Å². The van der Waals surface area contributed by atoms with Crippen molar-refractivity contribution in [3.8, 4) is 33.8 Å². The second kappa shape index (κ2) is 18.0. The van der Waals surface area contributed by atoms with Gasteiger partial charge in [0.1, 0.15) is 0 Å². The van der Waals surface area contributed by atoms with Crippen molar-refractivity contribution in [3.05, 3.63) is 211 Å². The van der Waals surface area contributed by atoms with Crippen molar-refractivity contribution >= 4 is 31.5 Å². The quantitative estimate of drug-likeness (QED) is 0.136. The van der Waals surface area contributed by atoms with Gasteiger partial charge >= 0.3 is 20.1 Å². The first-order valence-corrected chi connectivity index (χ1v) is 18.7. The molecular weight excluding hydrogens is 855 g/mol. The first-order chi connectivity index (χ1) is 26.3. The summed E-state index contributed by atoms with van der Waals surface area (Å²) in [6.07, 6.45) is 9.66. The molecule has 9 rings (SSSR count). The average Bonchev–Trinajstić information content (AvgIpc) is 3.63. The van der Waals surface area contributed by atoms with Gasteiger partial charge in [-0.15, -0.1) is 95.1 Å². The molecule has 0 spiro atoms. The van der Waals surface area contributed by atoms with Crippen LogP contribution in [0.4, 0.5) is 0 Å². The number of aromatic nitrogens is 3. The maximum atomic E-state index is 4.63. The van der Waals surface area contributed by atoms with Crippen LogP contribution >= 0.6 is 11.3 Å². The summed E-state index contributed by atoms with van der Waals surface area (Å²) >= 11 is 1.81. The molecular formula is C49H36IrN3S. The number of nitrogens with zero attached hydrogens (tertiary/aromatic N) is 3. The molecule has 3 nitrogen and oxygen atoms in total. The molecule has 9 aromatic rings. The summed E-state index contributed by atoms with van der Waals surface area (Å²) in [4.78, 5) is 13.5. The Hall–Kier alpha value is -5.58. The van der Waals surface area contributed by atoms with Gasteiger partial charge in [-0.25, -0.2) is 0 Å². The van der Waals surface area contributed by atoms with Gasteiger partial charge < -0.3 is 15.0 Å². The van der Waals surface area contributed by atoms with Gasteiger partial charge in [0.2, 0.25) is 0 Å². The van der Waals surface area contributed by atoms with Crippen LogP contribution in [0.15, 0.2) is 170 Å². The molecule has 0 amide bonds. The van der Waals surface area contributed by atoms with Gasteiger partial charge in [-0.3, -0.25) is 0 Å². The van der Waals surface area contributed by atoms with Crippen LogP contribution in [0, 0.1) is 18.2 Å². The Morgan fingerprint density at radius 1 is 0.444 bits per heavy atom. The Labute approximate surface area is 334 Å². The summed E-state index contributed by atoms with van der Waals surface area (Å²) in [5.41, 5.74) is 11.4. The summed E-state index contributed by atoms with van der Waals surface area (Å²) in [6.45, 7) is 0. The molecule has 0 saturated carbocycles. The molecule has 0 N–H and O–H groups in total. The summed E-state index contributed by atoms with van der Waals surface area (Å²) in [6, 6.07) is 62.1. The first-order valence-electron chi connectivity index (χ1n) is 17.9. The van der Waals surface area contributed by atoms with Crippen molar-refractivity contribution in [2.45, 2.75) is 25.7 Å². The van der Waals surface area contributed by atoms with Gasteiger partial charge in [0.25, 0.3) is 0 Å². The second-order valence-corrected chi connectivity index (χ2v) is 13.9. The monoisotopic (exact) mass is 891 g/mol. The third kappa shape index (κ3) is 8.95. The molecule has 0 atom stereocenters. The van der Waals surface area contributed by atoms with Crippen molar-refractivity contribution in [2.75, 3.05) is 0 Å². The molecule has 0 saturated heterocycles. The molecule has 0 aliphatic rings. The molecule has 0 radical (unpaired) electrons. The maximum absolute atomic E-state index is 4.63. The molecule has 4 heterocycles. The summed E-state index contributed by atoms with van der Waals surface area (Å²) in [5, 5.41) is 2.61. The molecule has 0 bridgehead atoms. The molecule has 262 valence electrons. The smallest absolute Gasteiger partial charge is 0.305 e. The van der Waals surface area contributed by atoms with Crippen LogP contribution < -0.4 is 0 Å². The van der Waals surface area contributed by atoms with E-state index in [1.165, 1.54) is 42.4 Å². The van der Waals surface area contributed by atoms with E-state index in [1.54, 1.807) is 0 Å². The summed E-state index contributed by atoms with van der Waals surface area (Å²) in [5.74, 6) is 0. The summed E-state index contributed by atoms with van der Waals surface area (Å²) < 4.78 is 2.58. The number of thiophene rings is 1. The average molecular weight is 891 g/mol. The predicted octanol–water partition coefficient (Wildman–Crippen LogP) is 11.9. The van der Waals surface area contributed by atoms with E-state index in [4.69, 9.17) is 0 Å². The number of hydrogen-bond acceptors (Lipinski definition) is 4. The van der Waals surface area contributed by atoms with Crippen molar-refractivity contribution < 1.29 is 20.1 Å². The minimum absolute atomic E-state index is 0. The molecule has 0 aliphatic heterocycles. The SMILES string of the molecule is [Ir+3].[c-]1ccc2c(sc3ccccc32)c1-c1ccccn1.[c-]1ccccc1-c1ccc(CCc2cccc(CCc3cc[c-]c(-c4ccccn4)c3)c2)cn1. The fraction of sp³-hybridized carbons (Fsp3) is 0.0816. The van der Waals surface area contributed by atoms with E-state index in [-0.39, 0.29) is 20.1 Å². The van der Waals surface area contributed by atoms with E-state index in [1.807, 2.05) is 103 Å². The van der Waals surface area contributed by atoms with Crippen molar-refractivity contribution in [1.82, 2.24) is 15.0 Å². The fourth-order valence-electron chi connectivity index (χ4n) is 6.53. The Balaban J connectivity index is 0.000000190. The van der Waals surface area contributed by atoms with Crippen LogP contribution in [0.3, 0.4) is 0 Å². The van der Waals surface area contributed by atoms with Crippen LogP contribution in [-0.4, -0.2) is 15.0 Å². The van der Waals surface area contributed by atoms with E-state index in [0.717, 1.165) is 59.5 Å². The van der Waals surface area contributed by atoms with Crippen molar-refractivity contribution in [1.29, 1.82) is 0 Å². The van der Waals surface area contributed by atoms with E-state index < -0.39 is 0 Å². The number of hydrogen-bond donors (Lipinski definition) is 0. The van der Waals surface area contributed by atoms with Crippen LogP contribution in [0.25, 0.3) is 53.9 Å². The van der Waals surface area contributed by atoms with E-state index in [0.29, 0.717) is 0 Å². The fourth-order valence-corrected chi connectivity index (χ4v) is 7.74. The molecule has 5 heteroatoms. The zero-order chi connectivity index (χ0) is 35.7. The third-order valence-electron chi connectivity index (χ3n) is 9.27. The van der Waals surface area contributed by atoms with Crippen molar-refractivity contribution in [2.24, 2.45) is 0 Å². The number of aryl methyl sites for hydroxylation is 4. The molecule has 5 aromatic carbocycles. The second-order valence-electron chi connectivity index (χ2n) is 12.9. The third-order valence-corrected chi connectivity index (χ3v) is 10.5. The van der Waals surface area contributed by atoms with Gasteiger partial charge in [-0.2, -0.15) is 11.3 Å². The molecule has 4 aromatic heterocycles. The molecule has 0 fully saturated rings. The topological polar surface area (TPSA) is 38.7 Å². The van der Waals surface area contributed by atoms with Crippen molar-refractivity contribution in [3.63, 3.8) is 0 Å². The maximum Gasteiger partial charge on any atom is 3.00 e. The number of pyridine rings is 3. The Kier molecular flexibility index (Phi) is 12.2. The largest absolute Gasteiger partial charge is 3.00 e. The van der Waals surface area contributed by atoms with Gasteiger partial charge in [-0.05, 0) is 87.7 Å².